The van der Waals surface area contributed by atoms with Crippen molar-refractivity contribution >= 4 is 54.0 Å². The summed E-state index contributed by atoms with van der Waals surface area (Å²) >= 11 is 6.15. The molecule has 35 heavy (non-hydrogen) atoms. The maximum Gasteiger partial charge on any atom is 0.501 e. The molecule has 0 aliphatic heterocycles. The number of nitriles is 2. The van der Waals surface area contributed by atoms with Gasteiger partial charge in [0.25, 0.3) is 9.84 Å². The van der Waals surface area contributed by atoms with Crippen molar-refractivity contribution in [2.75, 3.05) is 0 Å². The molecule has 5 rings (SSSR count). The number of nitrogens with zero attached hydrogens (tertiary/aromatic N) is 3. The summed E-state index contributed by atoms with van der Waals surface area (Å²) in [5.41, 5.74) is -3.95. The van der Waals surface area contributed by atoms with Crippen LogP contribution in [0.25, 0.3) is 44.0 Å². The molecule has 0 aliphatic rings. The van der Waals surface area contributed by atoms with Crippen LogP contribution in [-0.4, -0.2) is 23.9 Å². The highest BCUT2D eigenvalue weighted by Gasteiger charge is 2.47. The zero-order valence-corrected chi connectivity index (χ0v) is 18.8. The number of hydrogen-bond acceptors (Lipinski definition) is 5. The van der Waals surface area contributed by atoms with Crippen LogP contribution in [0.1, 0.15) is 11.1 Å². The monoisotopic (exact) mass is 510 g/mol. The number of hydrogen-bond donors (Lipinski definition) is 1. The van der Waals surface area contributed by atoms with E-state index in [2.05, 4.69) is 9.97 Å². The maximum atomic E-state index is 13.2. The first kappa shape index (κ1) is 22.7. The Labute approximate surface area is 200 Å². The fourth-order valence-corrected chi connectivity index (χ4v) is 5.05. The lowest BCUT2D eigenvalue weighted by Crippen LogP contribution is -2.23. The first-order chi connectivity index (χ1) is 16.6. The predicted octanol–water partition coefficient (Wildman–Crippen LogP) is 6.23. The number of imidazole rings is 1. The highest BCUT2D eigenvalue weighted by atomic mass is 35.5. The molecule has 0 unspecified atom stereocenters. The Bertz CT molecular complexity index is 1870. The second-order valence-electron chi connectivity index (χ2n) is 7.61. The van der Waals surface area contributed by atoms with Crippen molar-refractivity contribution in [1.29, 1.82) is 10.5 Å². The summed E-state index contributed by atoms with van der Waals surface area (Å²) in [6, 6.07) is 16.5. The highest BCUT2D eigenvalue weighted by Crippen LogP contribution is 2.40. The van der Waals surface area contributed by atoms with Crippen molar-refractivity contribution in [1.82, 2.24) is 9.97 Å². The van der Waals surface area contributed by atoms with Crippen LogP contribution in [0.5, 0.6) is 0 Å². The predicted molar refractivity (Wildman–Crippen MR) is 124 cm³/mol. The number of benzene rings is 4. The minimum atomic E-state index is -5.59. The summed E-state index contributed by atoms with van der Waals surface area (Å²) in [4.78, 5) is 6.80. The molecule has 0 fully saturated rings. The third kappa shape index (κ3) is 3.38. The molecule has 1 heterocycles. The molecule has 6 nitrogen and oxygen atoms in total. The number of alkyl halides is 3. The van der Waals surface area contributed by atoms with E-state index in [1.54, 1.807) is 18.2 Å². The van der Waals surface area contributed by atoms with Gasteiger partial charge in [-0.25, -0.2) is 13.4 Å². The van der Waals surface area contributed by atoms with Crippen LogP contribution in [0.15, 0.2) is 59.5 Å². The molecule has 1 aromatic heterocycles. The topological polar surface area (TPSA) is 110 Å². The van der Waals surface area contributed by atoms with E-state index in [9.17, 15) is 32.1 Å². The van der Waals surface area contributed by atoms with E-state index in [-0.39, 0.29) is 27.9 Å². The Morgan fingerprint density at radius 2 is 1.51 bits per heavy atom. The number of aromatic amines is 1. The van der Waals surface area contributed by atoms with Gasteiger partial charge in [0.2, 0.25) is 0 Å². The SMILES string of the molecule is N#Cc1cccc(C#N)c1-c1nc2c3ccc(Cl)cc3c3cc(S(=O)(=O)C(F)(F)F)ccc3c2[nH]1. The number of rotatable bonds is 2. The molecule has 0 spiro atoms. The Balaban J connectivity index is 1.93. The van der Waals surface area contributed by atoms with Gasteiger partial charge in [0.15, 0.2) is 0 Å². The third-order valence-electron chi connectivity index (χ3n) is 5.65. The number of halogens is 4. The Kier molecular flexibility index (Phi) is 4.99. The van der Waals surface area contributed by atoms with Crippen molar-refractivity contribution in [2.24, 2.45) is 0 Å². The molecule has 0 saturated heterocycles. The Hall–Kier alpha value is -4.12. The van der Waals surface area contributed by atoms with Gasteiger partial charge in [-0.15, -0.1) is 0 Å². The quantitative estimate of drug-likeness (QED) is 0.283. The van der Waals surface area contributed by atoms with E-state index < -0.39 is 20.2 Å². The fourth-order valence-electron chi connectivity index (χ4n) is 4.09. The van der Waals surface area contributed by atoms with Crippen LogP contribution >= 0.6 is 11.6 Å². The highest BCUT2D eigenvalue weighted by molar-refractivity contribution is 7.92. The molecule has 0 aliphatic carbocycles. The summed E-state index contributed by atoms with van der Waals surface area (Å²) in [5, 5.41) is 20.9. The van der Waals surface area contributed by atoms with Gasteiger partial charge in [0, 0.05) is 15.8 Å². The molecule has 11 heteroatoms. The molecule has 0 atom stereocenters. The van der Waals surface area contributed by atoms with E-state index in [1.807, 2.05) is 12.1 Å². The van der Waals surface area contributed by atoms with Crippen LogP contribution in [0.4, 0.5) is 13.2 Å². The molecule has 0 saturated carbocycles. The smallest absolute Gasteiger partial charge is 0.337 e. The minimum Gasteiger partial charge on any atom is -0.337 e. The van der Waals surface area contributed by atoms with Crippen molar-refractivity contribution in [3.63, 3.8) is 0 Å². The lowest BCUT2D eigenvalue weighted by molar-refractivity contribution is -0.0435. The van der Waals surface area contributed by atoms with Crippen LogP contribution in [-0.2, 0) is 9.84 Å². The van der Waals surface area contributed by atoms with Crippen LogP contribution < -0.4 is 0 Å². The number of aromatic nitrogens is 2. The lowest BCUT2D eigenvalue weighted by Gasteiger charge is -2.11. The molecule has 0 bridgehead atoms. The summed E-state index contributed by atoms with van der Waals surface area (Å²) in [6.45, 7) is 0. The molecule has 1 N–H and O–H groups in total. The lowest BCUT2D eigenvalue weighted by atomic mass is 10.00. The minimum absolute atomic E-state index is 0.207. The van der Waals surface area contributed by atoms with Crippen molar-refractivity contribution in [2.45, 2.75) is 10.4 Å². The van der Waals surface area contributed by atoms with Crippen molar-refractivity contribution in [3.8, 4) is 23.5 Å². The molecule has 4 aromatic carbocycles. The van der Waals surface area contributed by atoms with Gasteiger partial charge < -0.3 is 4.98 Å². The van der Waals surface area contributed by atoms with Crippen LogP contribution in [0.2, 0.25) is 5.02 Å². The molecule has 5 aromatic rings. The Morgan fingerprint density at radius 1 is 0.886 bits per heavy atom. The van der Waals surface area contributed by atoms with Gasteiger partial charge in [0.1, 0.15) is 5.82 Å². The fraction of sp³-hybridized carbons (Fsp3) is 0.0417. The first-order valence-electron chi connectivity index (χ1n) is 9.86. The van der Waals surface area contributed by atoms with Gasteiger partial charge in [-0.3, -0.25) is 0 Å². The average Bonchev–Trinajstić information content (AvgIpc) is 3.27. The zero-order chi connectivity index (χ0) is 25.1. The number of H-pyrrole nitrogens is 1. The largest absolute Gasteiger partial charge is 0.501 e. The van der Waals surface area contributed by atoms with E-state index in [1.165, 1.54) is 24.3 Å². The van der Waals surface area contributed by atoms with Gasteiger partial charge in [-0.2, -0.15) is 23.7 Å². The van der Waals surface area contributed by atoms with Crippen molar-refractivity contribution in [3.05, 3.63) is 70.7 Å². The molecular formula is C24H10ClF3N4O2S. The number of nitrogens with one attached hydrogen (secondary N) is 1. The van der Waals surface area contributed by atoms with Gasteiger partial charge >= 0.3 is 5.51 Å². The maximum absolute atomic E-state index is 13.2. The van der Waals surface area contributed by atoms with Gasteiger partial charge in [-0.05, 0) is 47.2 Å². The van der Waals surface area contributed by atoms with Crippen LogP contribution in [0.3, 0.4) is 0 Å². The number of fused-ring (bicyclic) bond motifs is 6. The number of sulfone groups is 1. The second-order valence-corrected chi connectivity index (χ2v) is 9.98. The normalized spacial score (nSPS) is 12.2. The van der Waals surface area contributed by atoms with Crippen molar-refractivity contribution < 1.29 is 21.6 Å². The zero-order valence-electron chi connectivity index (χ0n) is 17.3. The van der Waals surface area contributed by atoms with Gasteiger partial charge in [0.05, 0.1) is 44.8 Å². The first-order valence-corrected chi connectivity index (χ1v) is 11.7. The standard InChI is InChI=1S/C24H10ClF3N4O2S/c25-14-4-6-16-18(8-14)19-9-15(35(33,34)24(26,27)28)5-7-17(19)22-21(16)31-23(32-22)20-12(10-29)2-1-3-13(20)11-30/h1-9H,(H,31,32). The second kappa shape index (κ2) is 7.70. The molecular weight excluding hydrogens is 501 g/mol. The molecule has 0 amide bonds. The summed E-state index contributed by atoms with van der Waals surface area (Å²) < 4.78 is 63.7. The molecule has 0 radical (unpaired) electrons. The summed E-state index contributed by atoms with van der Waals surface area (Å²) in [7, 11) is -5.59. The summed E-state index contributed by atoms with van der Waals surface area (Å²) in [6.07, 6.45) is 0. The average molecular weight is 511 g/mol. The van der Waals surface area contributed by atoms with Gasteiger partial charge in [-0.1, -0.05) is 29.8 Å². The summed E-state index contributed by atoms with van der Waals surface area (Å²) in [5.74, 6) is 0.212. The van der Waals surface area contributed by atoms with E-state index in [0.717, 1.165) is 12.1 Å². The van der Waals surface area contributed by atoms with E-state index in [4.69, 9.17) is 11.6 Å². The third-order valence-corrected chi connectivity index (χ3v) is 7.37. The molecule has 172 valence electrons. The van der Waals surface area contributed by atoms with E-state index >= 15 is 0 Å². The van der Waals surface area contributed by atoms with E-state index in [0.29, 0.717) is 32.2 Å². The Morgan fingerprint density at radius 3 is 2.14 bits per heavy atom. The van der Waals surface area contributed by atoms with Crippen LogP contribution in [0, 0.1) is 22.7 Å².